The molecule has 5 nitrogen and oxygen atoms in total. The van der Waals surface area contributed by atoms with Crippen molar-refractivity contribution in [3.05, 3.63) is 301 Å². The van der Waals surface area contributed by atoms with E-state index >= 15 is 0 Å². The number of nitriles is 1. The molecule has 0 spiro atoms. The van der Waals surface area contributed by atoms with Crippen molar-refractivity contribution in [3.8, 4) is 56.3 Å². The van der Waals surface area contributed by atoms with Crippen LogP contribution in [0, 0.1) is 11.3 Å². The molecule has 14 aromatic rings. The van der Waals surface area contributed by atoms with Gasteiger partial charge in [-0.25, -0.2) is 0 Å². The van der Waals surface area contributed by atoms with Crippen molar-refractivity contribution >= 4 is 83.5 Å². The first-order valence-electron chi connectivity index (χ1n) is 29.8. The van der Waals surface area contributed by atoms with Crippen molar-refractivity contribution in [2.24, 2.45) is 0 Å². The smallest absolute Gasteiger partial charge is 0.129 e. The van der Waals surface area contributed by atoms with Crippen molar-refractivity contribution in [2.75, 3.05) is 4.90 Å². The molecule has 87 heavy (non-hydrogen) atoms. The highest BCUT2D eigenvalue weighted by Gasteiger charge is 2.24. The molecule has 6 heteroatoms. The first kappa shape index (κ1) is 54.5. The van der Waals surface area contributed by atoms with Gasteiger partial charge in [0.05, 0.1) is 34.0 Å². The van der Waals surface area contributed by atoms with Gasteiger partial charge in [0.2, 0.25) is 0 Å². The van der Waals surface area contributed by atoms with Crippen LogP contribution in [0.25, 0.3) is 105 Å². The largest absolute Gasteiger partial charge is 0.309 e. The first-order chi connectivity index (χ1) is 42.4. The summed E-state index contributed by atoms with van der Waals surface area (Å²) >= 11 is 1.25. The molecule has 418 valence electrons. The summed E-state index contributed by atoms with van der Waals surface area (Å²) in [6, 6.07) is 101. The van der Waals surface area contributed by atoms with Gasteiger partial charge in [-0.2, -0.15) is 14.0 Å². The van der Waals surface area contributed by atoms with Crippen molar-refractivity contribution in [3.63, 3.8) is 0 Å². The number of rotatable bonds is 11. The Bertz CT molecular complexity index is 4780. The van der Waals surface area contributed by atoms with Crippen LogP contribution in [-0.2, 0) is 10.8 Å². The molecule has 0 unspecified atom stereocenters. The van der Waals surface area contributed by atoms with E-state index < -0.39 is 0 Å². The van der Waals surface area contributed by atoms with Crippen LogP contribution >= 0.6 is 11.7 Å². The molecule has 0 radical (unpaired) electrons. The average Bonchev–Trinajstić information content (AvgIpc) is 1.85. The Hall–Kier alpha value is -10.5. The van der Waals surface area contributed by atoms with Crippen molar-refractivity contribution in [2.45, 2.75) is 52.4 Å². The third-order valence-corrected chi connectivity index (χ3v) is 17.6. The fourth-order valence-electron chi connectivity index (χ4n) is 12.4. The van der Waals surface area contributed by atoms with Gasteiger partial charge in [-0.15, -0.1) is 0 Å². The van der Waals surface area contributed by atoms with E-state index in [0.717, 1.165) is 117 Å². The van der Waals surface area contributed by atoms with E-state index in [9.17, 15) is 5.26 Å². The van der Waals surface area contributed by atoms with E-state index in [1.54, 1.807) is 0 Å². The van der Waals surface area contributed by atoms with E-state index in [2.05, 4.69) is 294 Å². The van der Waals surface area contributed by atoms with Crippen LogP contribution in [0.1, 0.15) is 69.4 Å². The van der Waals surface area contributed by atoms with Gasteiger partial charge in [-0.3, -0.25) is 0 Å². The molecule has 0 fully saturated rings. The number of hydrogen-bond acceptors (Lipinski definition) is 5. The zero-order valence-electron chi connectivity index (χ0n) is 49.6. The average molecular weight is 1140 g/mol. The molecule has 0 aliphatic rings. The molecule has 12 aromatic carbocycles. The van der Waals surface area contributed by atoms with Gasteiger partial charge in [-0.05, 0) is 144 Å². The Morgan fingerprint density at radius 3 is 1.41 bits per heavy atom. The third-order valence-electron chi connectivity index (χ3n) is 17.1. The van der Waals surface area contributed by atoms with Crippen LogP contribution in [-0.4, -0.2) is 13.3 Å². The molecule has 0 aliphatic carbocycles. The summed E-state index contributed by atoms with van der Waals surface area (Å²) in [7, 11) is 0. The van der Waals surface area contributed by atoms with Crippen LogP contribution in [0.3, 0.4) is 0 Å². The minimum atomic E-state index is 0.0782. The summed E-state index contributed by atoms with van der Waals surface area (Å²) in [6.07, 6.45) is 0. The lowest BCUT2D eigenvalue weighted by molar-refractivity contribution is 0.590. The highest BCUT2D eigenvalue weighted by atomic mass is 32.1. The third kappa shape index (κ3) is 10.3. The summed E-state index contributed by atoms with van der Waals surface area (Å²) in [5, 5.41) is 15.4. The second-order valence-corrected chi connectivity index (χ2v) is 25.2. The van der Waals surface area contributed by atoms with Gasteiger partial charge in [0.15, 0.2) is 0 Å². The molecule has 0 saturated heterocycles. The van der Waals surface area contributed by atoms with Crippen molar-refractivity contribution in [1.82, 2.24) is 13.3 Å². The number of anilines is 3. The Morgan fingerprint density at radius 1 is 0.414 bits per heavy atom. The van der Waals surface area contributed by atoms with Gasteiger partial charge in [0.25, 0.3) is 0 Å². The summed E-state index contributed by atoms with van der Waals surface area (Å²) in [6.45, 7) is 13.5. The van der Waals surface area contributed by atoms with E-state index in [0.29, 0.717) is 5.57 Å². The maximum absolute atomic E-state index is 10.8. The van der Waals surface area contributed by atoms with Crippen molar-refractivity contribution in [1.29, 1.82) is 5.26 Å². The summed E-state index contributed by atoms with van der Waals surface area (Å²) < 4.78 is 12.6. The standard InChI is InChI=1S/C81H63N5S/c1-80(2,3)64-38-28-53(29-39-64)55-32-42-67(43-33-55)85(68-44-34-56(35-45-68)54-30-40-65(41-31-54)81(4,5)6)74-49-48-69(77-78(74)84-87-83-77)63-37-46-70-71-47-36-58-26-27-62(50-72(58)79(71)86(75(70)51-63)66-20-14-9-15-21-66)57-22-24-59(25-23-57)73(52-82)76(60-16-10-7-11-17-60)61-18-12-8-13-19-61/h7-51H,1-6H3. The van der Waals surface area contributed by atoms with Crippen LogP contribution in [0.15, 0.2) is 273 Å². The maximum atomic E-state index is 10.8. The van der Waals surface area contributed by atoms with Crippen LogP contribution in [0.2, 0.25) is 0 Å². The lowest BCUT2D eigenvalue weighted by atomic mass is 9.86. The summed E-state index contributed by atoms with van der Waals surface area (Å²) in [5.41, 5.74) is 24.2. The molecule has 0 atom stereocenters. The normalized spacial score (nSPS) is 11.8. The Labute approximate surface area is 513 Å². The van der Waals surface area contributed by atoms with E-state index in [4.69, 9.17) is 8.75 Å². The first-order valence-corrected chi connectivity index (χ1v) is 30.5. The lowest BCUT2D eigenvalue weighted by Gasteiger charge is -2.26. The molecule has 0 aliphatic heterocycles. The lowest BCUT2D eigenvalue weighted by Crippen LogP contribution is -2.11. The molecule has 2 aromatic heterocycles. The molecule has 0 N–H and O–H groups in total. The van der Waals surface area contributed by atoms with Crippen LogP contribution < -0.4 is 4.90 Å². The summed E-state index contributed by atoms with van der Waals surface area (Å²) in [5.74, 6) is 0. The number of fused-ring (bicyclic) bond motifs is 6. The Kier molecular flexibility index (Phi) is 13.9. The Morgan fingerprint density at radius 2 is 0.874 bits per heavy atom. The van der Waals surface area contributed by atoms with Gasteiger partial charge in [0.1, 0.15) is 17.1 Å². The number of benzene rings is 12. The number of aromatic nitrogens is 3. The molecular formula is C81H63N5S. The van der Waals surface area contributed by atoms with Crippen LogP contribution in [0.4, 0.5) is 17.1 Å². The predicted molar refractivity (Wildman–Crippen MR) is 368 cm³/mol. The molecule has 0 amide bonds. The predicted octanol–water partition coefficient (Wildman–Crippen LogP) is 22.2. The number of hydrogen-bond donors (Lipinski definition) is 0. The minimum absolute atomic E-state index is 0.0782. The molecule has 0 bridgehead atoms. The van der Waals surface area contributed by atoms with E-state index in [1.165, 1.54) is 39.4 Å². The maximum Gasteiger partial charge on any atom is 0.129 e. The SMILES string of the molecule is CC(C)(C)c1ccc(-c2ccc(N(c3ccc(-c4ccc(C(C)(C)C)cc4)cc3)c3ccc(-c4ccc5c6ccc7ccc(-c8ccc(C(C#N)=C(c9ccccc9)c9ccccc9)cc8)cc7c6n(-c6ccccc6)c5c4)c4nsnc34)cc2)cc1. The van der Waals surface area contributed by atoms with Gasteiger partial charge in [0, 0.05) is 44.4 Å². The number of para-hydroxylation sites is 1. The van der Waals surface area contributed by atoms with E-state index in [1.807, 2.05) is 36.4 Å². The molecule has 14 rings (SSSR count). The summed E-state index contributed by atoms with van der Waals surface area (Å²) in [4.78, 5) is 2.32. The van der Waals surface area contributed by atoms with Crippen molar-refractivity contribution < 1.29 is 0 Å². The zero-order chi connectivity index (χ0) is 59.4. The van der Waals surface area contributed by atoms with Crippen LogP contribution in [0.5, 0.6) is 0 Å². The van der Waals surface area contributed by atoms with Gasteiger partial charge in [-0.1, -0.05) is 254 Å². The quantitative estimate of drug-likeness (QED) is 0.0957. The monoisotopic (exact) mass is 1140 g/mol. The molecular weight excluding hydrogens is 1070 g/mol. The number of allylic oxidation sites excluding steroid dienone is 1. The highest BCUT2D eigenvalue weighted by molar-refractivity contribution is 7.00. The van der Waals surface area contributed by atoms with Gasteiger partial charge < -0.3 is 9.47 Å². The molecule has 2 heterocycles. The fraction of sp³-hybridized carbons (Fsp3) is 0.0988. The minimum Gasteiger partial charge on any atom is -0.309 e. The van der Waals surface area contributed by atoms with E-state index in [-0.39, 0.29) is 10.8 Å². The fourth-order valence-corrected chi connectivity index (χ4v) is 13.0. The second-order valence-electron chi connectivity index (χ2n) is 24.6. The highest BCUT2D eigenvalue weighted by Crippen LogP contribution is 2.45. The zero-order valence-corrected chi connectivity index (χ0v) is 50.4. The van der Waals surface area contributed by atoms with Gasteiger partial charge >= 0.3 is 0 Å². The molecule has 0 saturated carbocycles. The number of nitrogens with zero attached hydrogens (tertiary/aromatic N) is 5. The second kappa shape index (κ2) is 22.2. The topological polar surface area (TPSA) is 57.7 Å². The Balaban J connectivity index is 0.864.